The lowest BCUT2D eigenvalue weighted by atomic mass is 9.53. The lowest BCUT2D eigenvalue weighted by Crippen LogP contribution is -2.70. The van der Waals surface area contributed by atoms with Gasteiger partial charge in [-0.2, -0.15) is 21.6 Å². The van der Waals surface area contributed by atoms with Gasteiger partial charge in [0.25, 0.3) is 0 Å². The Labute approximate surface area is 197 Å². The summed E-state index contributed by atoms with van der Waals surface area (Å²) < 4.78 is 73.8. The molecule has 1 aromatic rings. The van der Waals surface area contributed by atoms with E-state index in [9.17, 15) is 31.5 Å². The number of nitrogens with zero attached hydrogens (tertiary/aromatic N) is 1. The summed E-state index contributed by atoms with van der Waals surface area (Å²) in [6.45, 7) is 4.79. The number of aryl methyl sites for hydroxylation is 1. The van der Waals surface area contributed by atoms with E-state index in [0.717, 1.165) is 19.4 Å². The van der Waals surface area contributed by atoms with Crippen molar-refractivity contribution in [1.29, 1.82) is 0 Å². The van der Waals surface area contributed by atoms with E-state index in [-0.39, 0.29) is 42.8 Å². The van der Waals surface area contributed by atoms with E-state index < -0.39 is 38.4 Å². The van der Waals surface area contributed by atoms with Gasteiger partial charge in [-0.05, 0) is 63.6 Å². The van der Waals surface area contributed by atoms with Crippen LogP contribution in [0.1, 0.15) is 56.6 Å². The fourth-order valence-electron chi connectivity index (χ4n) is 5.86. The van der Waals surface area contributed by atoms with Crippen molar-refractivity contribution in [3.05, 3.63) is 23.3 Å². The first kappa shape index (κ1) is 25.2. The average Bonchev–Trinajstić information content (AvgIpc) is 3.55. The first-order valence-corrected chi connectivity index (χ1v) is 12.8. The molecule has 0 aromatic heterocycles. The molecule has 7 nitrogen and oxygen atoms in total. The van der Waals surface area contributed by atoms with Crippen LogP contribution in [0.25, 0.3) is 0 Å². The highest BCUT2D eigenvalue weighted by Gasteiger charge is 2.63. The highest BCUT2D eigenvalue weighted by Crippen LogP contribution is 2.58. The minimum absolute atomic E-state index is 0.0909. The van der Waals surface area contributed by atoms with Gasteiger partial charge in [-0.25, -0.2) is 0 Å². The Morgan fingerprint density at radius 3 is 2.50 bits per heavy atom. The van der Waals surface area contributed by atoms with Gasteiger partial charge in [0.05, 0.1) is 12.7 Å². The largest absolute Gasteiger partial charge is 0.534 e. The van der Waals surface area contributed by atoms with Crippen LogP contribution in [0.4, 0.5) is 13.2 Å². The minimum atomic E-state index is -6.02. The summed E-state index contributed by atoms with van der Waals surface area (Å²) >= 11 is 0. The number of Topliss-reactive ketones (excluding diaryl/α,β-unsaturated/α-hetero) is 1. The molecule has 3 fully saturated rings. The molecule has 190 valence electrons. The van der Waals surface area contributed by atoms with Gasteiger partial charge in [0.15, 0.2) is 11.5 Å². The second kappa shape index (κ2) is 8.37. The number of carbonyl (C=O) groups excluding carboxylic acids is 1. The summed E-state index contributed by atoms with van der Waals surface area (Å²) in [6, 6.07) is 2.51. The molecule has 1 heterocycles. The Kier molecular flexibility index (Phi) is 6.22. The number of ketones is 1. The van der Waals surface area contributed by atoms with Gasteiger partial charge < -0.3 is 14.0 Å². The molecule has 0 bridgehead atoms. The third kappa shape index (κ3) is 3.99. The van der Waals surface area contributed by atoms with Crippen LogP contribution < -0.4 is 8.92 Å². The molecule has 3 atom stereocenters. The second-order valence-corrected chi connectivity index (χ2v) is 11.4. The van der Waals surface area contributed by atoms with Crippen LogP contribution in [0.2, 0.25) is 0 Å². The second-order valence-electron chi connectivity index (χ2n) is 9.86. The molecule has 4 rings (SSSR count). The van der Waals surface area contributed by atoms with Gasteiger partial charge in [-0.15, -0.1) is 0 Å². The molecule has 34 heavy (non-hydrogen) atoms. The monoisotopic (exact) mass is 505 g/mol. The molecule has 2 aliphatic carbocycles. The van der Waals surface area contributed by atoms with E-state index >= 15 is 0 Å². The molecule has 1 saturated heterocycles. The molecule has 3 aliphatic rings. The van der Waals surface area contributed by atoms with Crippen molar-refractivity contribution < 1.29 is 40.4 Å². The number of methoxy groups -OCH3 is 1. The first-order valence-electron chi connectivity index (χ1n) is 11.4. The molecule has 2 unspecified atom stereocenters. The summed E-state index contributed by atoms with van der Waals surface area (Å²) in [5.41, 5.74) is -7.95. The molecule has 2 saturated carbocycles. The number of aliphatic hydroxyl groups is 1. The van der Waals surface area contributed by atoms with Gasteiger partial charge in [0, 0.05) is 36.4 Å². The van der Waals surface area contributed by atoms with Crippen LogP contribution in [-0.2, 0) is 20.3 Å². The van der Waals surface area contributed by atoms with E-state index in [4.69, 9.17) is 8.92 Å². The van der Waals surface area contributed by atoms with Crippen molar-refractivity contribution in [3.63, 3.8) is 0 Å². The lowest BCUT2D eigenvalue weighted by Gasteiger charge is -2.60. The first-order chi connectivity index (χ1) is 15.8. The zero-order chi connectivity index (χ0) is 25.1. The maximum Gasteiger partial charge on any atom is 0.534 e. The van der Waals surface area contributed by atoms with Crippen molar-refractivity contribution >= 4 is 15.9 Å². The number of carbonyl (C=O) groups is 1. The number of likely N-dealkylation sites (tertiary alicyclic amines) is 1. The fraction of sp³-hybridized carbons (Fsp3) is 0.696. The topological polar surface area (TPSA) is 93.1 Å². The normalized spacial score (nSPS) is 30.7. The molecular weight excluding hydrogens is 475 g/mol. The maximum atomic E-state index is 13.3. The van der Waals surface area contributed by atoms with Crippen LogP contribution in [0, 0.1) is 12.8 Å². The van der Waals surface area contributed by atoms with E-state index in [1.807, 2.05) is 6.92 Å². The number of halogens is 3. The summed E-state index contributed by atoms with van der Waals surface area (Å²) in [5, 5.41) is 12.2. The summed E-state index contributed by atoms with van der Waals surface area (Å²) in [4.78, 5) is 14.9. The summed E-state index contributed by atoms with van der Waals surface area (Å²) in [5.74, 6) is -0.412. The molecule has 0 amide bonds. The van der Waals surface area contributed by atoms with Crippen molar-refractivity contribution in [2.75, 3.05) is 20.2 Å². The smallest absolute Gasteiger partial charge is 0.493 e. The number of rotatable bonds is 6. The number of hydrogen-bond donors (Lipinski definition) is 1. The average molecular weight is 506 g/mol. The van der Waals surface area contributed by atoms with E-state index in [2.05, 4.69) is 4.90 Å². The van der Waals surface area contributed by atoms with Crippen molar-refractivity contribution in [1.82, 2.24) is 4.90 Å². The van der Waals surface area contributed by atoms with Gasteiger partial charge in [-0.1, -0.05) is 6.07 Å². The predicted octanol–water partition coefficient (Wildman–Crippen LogP) is 3.46. The number of alkyl halides is 3. The van der Waals surface area contributed by atoms with Crippen LogP contribution in [0.15, 0.2) is 12.1 Å². The SMILES string of the molecule is COc1ccc(C)c(C23CCN(CC4CC4)C(C)[C@]2(O)CCC(=O)C3)c1OS(=O)(=O)C(F)(F)F. The van der Waals surface area contributed by atoms with Crippen LogP contribution >= 0.6 is 0 Å². The van der Waals surface area contributed by atoms with Gasteiger partial charge in [-0.3, -0.25) is 9.69 Å². The van der Waals surface area contributed by atoms with Gasteiger partial charge >= 0.3 is 15.6 Å². The molecule has 1 aliphatic heterocycles. The van der Waals surface area contributed by atoms with Crippen molar-refractivity contribution in [2.45, 2.75) is 74.9 Å². The third-order valence-corrected chi connectivity index (χ3v) is 8.82. The summed E-state index contributed by atoms with van der Waals surface area (Å²) in [6.07, 6.45) is 2.64. The zero-order valence-corrected chi connectivity index (χ0v) is 20.3. The Hall–Kier alpha value is -1.85. The molecule has 0 radical (unpaired) electrons. The highest BCUT2D eigenvalue weighted by molar-refractivity contribution is 7.88. The molecular formula is C23H30F3NO6S. The number of fused-ring (bicyclic) bond motifs is 1. The van der Waals surface area contributed by atoms with Crippen molar-refractivity contribution in [2.24, 2.45) is 5.92 Å². The summed E-state index contributed by atoms with van der Waals surface area (Å²) in [7, 11) is -4.83. The van der Waals surface area contributed by atoms with E-state index in [1.54, 1.807) is 13.0 Å². The van der Waals surface area contributed by atoms with E-state index in [0.29, 0.717) is 18.0 Å². The van der Waals surface area contributed by atoms with E-state index in [1.165, 1.54) is 13.2 Å². The van der Waals surface area contributed by atoms with Gasteiger partial charge in [0.2, 0.25) is 0 Å². The van der Waals surface area contributed by atoms with Crippen LogP contribution in [0.3, 0.4) is 0 Å². The minimum Gasteiger partial charge on any atom is -0.493 e. The number of piperidine rings is 1. The molecule has 1 aromatic carbocycles. The third-order valence-electron chi connectivity index (χ3n) is 7.87. The van der Waals surface area contributed by atoms with Gasteiger partial charge in [0.1, 0.15) is 5.78 Å². The van der Waals surface area contributed by atoms with Crippen LogP contribution in [0.5, 0.6) is 11.5 Å². The number of ether oxygens (including phenoxy) is 1. The Morgan fingerprint density at radius 2 is 1.91 bits per heavy atom. The Balaban J connectivity index is 1.91. The lowest BCUT2D eigenvalue weighted by molar-refractivity contribution is -0.164. The molecule has 11 heteroatoms. The molecule has 1 N–H and O–H groups in total. The standard InChI is InChI=1S/C23H30F3NO6S/c1-14-4-7-18(32-3)20(33-34(30,31)23(24,25)26)19(14)21-10-11-27(13-16-5-6-16)15(2)22(21,29)9-8-17(28)12-21/h4,7,15-16,29H,5-6,8-13H2,1-3H3/t15?,21?,22-/m1/s1. The highest BCUT2D eigenvalue weighted by atomic mass is 32.2. The number of benzene rings is 1. The quantitative estimate of drug-likeness (QED) is 0.468. The van der Waals surface area contributed by atoms with Crippen molar-refractivity contribution in [3.8, 4) is 11.5 Å². The maximum absolute atomic E-state index is 13.3. The predicted molar refractivity (Wildman–Crippen MR) is 117 cm³/mol. The fourth-order valence-corrected chi connectivity index (χ4v) is 6.34. The van der Waals surface area contributed by atoms with Crippen LogP contribution in [-0.4, -0.2) is 61.6 Å². The zero-order valence-electron chi connectivity index (χ0n) is 19.4. The molecule has 0 spiro atoms. The Morgan fingerprint density at radius 1 is 1.24 bits per heavy atom. The number of hydrogen-bond acceptors (Lipinski definition) is 7. The Bertz CT molecular complexity index is 1090.